The normalized spacial score (nSPS) is 16.8. The van der Waals surface area contributed by atoms with Crippen molar-refractivity contribution in [1.82, 2.24) is 9.88 Å². The Bertz CT molecular complexity index is 1150. The number of ether oxygens (including phenoxy) is 1. The Morgan fingerprint density at radius 1 is 1.11 bits per heavy atom. The van der Waals surface area contributed by atoms with Gasteiger partial charge in [0, 0.05) is 32.7 Å². The highest BCUT2D eigenvalue weighted by Crippen LogP contribution is 2.26. The van der Waals surface area contributed by atoms with Crippen molar-refractivity contribution in [3.05, 3.63) is 34.4 Å². The predicted octanol–water partition coefficient (Wildman–Crippen LogP) is -1.87. The monoisotopic (exact) mass is 531 g/mol. The van der Waals surface area contributed by atoms with E-state index in [-0.39, 0.29) is 11.1 Å². The van der Waals surface area contributed by atoms with E-state index in [2.05, 4.69) is 10.1 Å². The summed E-state index contributed by atoms with van der Waals surface area (Å²) in [6, 6.07) is 2.81. The molecule has 1 aliphatic heterocycles. The summed E-state index contributed by atoms with van der Waals surface area (Å²) in [6.45, 7) is 4.39. The number of carboxylic acid groups (broad SMARTS) is 2. The average Bonchev–Trinajstić information content (AvgIpc) is 2.88. The lowest BCUT2D eigenvalue weighted by atomic mass is 10.0. The molecule has 15 heteroatoms. The zero-order chi connectivity index (χ0) is 27.9. The van der Waals surface area contributed by atoms with Crippen LogP contribution in [0, 0.1) is 5.82 Å². The highest BCUT2D eigenvalue weighted by atomic mass is 19.1. The number of benzene rings is 1. The first-order valence-electron chi connectivity index (χ1n) is 11.2. The summed E-state index contributed by atoms with van der Waals surface area (Å²) >= 11 is 0. The molecule has 206 valence electrons. The van der Waals surface area contributed by atoms with Gasteiger partial charge in [-0.1, -0.05) is 0 Å². The minimum absolute atomic E-state index is 0.104. The summed E-state index contributed by atoms with van der Waals surface area (Å²) in [5, 5.41) is 63.9. The van der Waals surface area contributed by atoms with Crippen LogP contribution in [0.1, 0.15) is 6.92 Å². The predicted molar refractivity (Wildman–Crippen MR) is 126 cm³/mol. The third-order valence-corrected chi connectivity index (χ3v) is 5.62. The van der Waals surface area contributed by atoms with Gasteiger partial charge in [0.2, 0.25) is 5.43 Å². The van der Waals surface area contributed by atoms with E-state index in [0.717, 1.165) is 19.2 Å². The van der Waals surface area contributed by atoms with E-state index in [1.165, 1.54) is 6.20 Å². The van der Waals surface area contributed by atoms with Gasteiger partial charge in [-0.25, -0.2) is 14.0 Å². The molecule has 8 N–H and O–H groups in total. The lowest BCUT2D eigenvalue weighted by Crippen LogP contribution is -2.48. The van der Waals surface area contributed by atoms with Crippen LogP contribution in [-0.4, -0.2) is 110 Å². The van der Waals surface area contributed by atoms with Crippen molar-refractivity contribution in [1.29, 1.82) is 0 Å². The molecule has 0 bridgehead atoms. The molecular weight excluding hydrogens is 501 g/mol. The number of rotatable bonds is 8. The van der Waals surface area contributed by atoms with Crippen molar-refractivity contribution in [2.75, 3.05) is 37.7 Å². The second-order valence-corrected chi connectivity index (χ2v) is 8.05. The maximum absolute atomic E-state index is 14.5. The van der Waals surface area contributed by atoms with Crippen molar-refractivity contribution in [3.63, 3.8) is 0 Å². The number of aliphatic hydroxyl groups excluding tert-OH is 5. The lowest BCUT2D eigenvalue weighted by Gasteiger charge is -2.30. The largest absolute Gasteiger partial charge is 0.511 e. The molecule has 0 radical (unpaired) electrons. The number of aliphatic carboxylic acids is 1. The van der Waals surface area contributed by atoms with Crippen LogP contribution in [-0.2, 0) is 11.3 Å². The smallest absolute Gasteiger partial charge is 0.479 e. The maximum atomic E-state index is 14.5. The molecular formula is C22H30FN3O11. The first-order chi connectivity index (χ1) is 17.4. The van der Waals surface area contributed by atoms with Crippen LogP contribution >= 0.6 is 0 Å². The number of halogens is 1. The quantitative estimate of drug-likeness (QED) is 0.175. The Hall–Kier alpha value is -3.34. The summed E-state index contributed by atoms with van der Waals surface area (Å²) in [5.41, 5.74) is 0.357. The molecule has 37 heavy (non-hydrogen) atoms. The number of carbonyl (C=O) groups is 2. The SMILES string of the molecule is CCn1cc(OC(=O)O)c(=O)c2cc(F)c(N3CCNCC3)cc21.O=C(O)[C@H](O)[C@@H](O)[C@H](O)[C@H](O)CO. The fourth-order valence-corrected chi connectivity index (χ4v) is 3.62. The Balaban J connectivity index is 0.000000317. The highest BCUT2D eigenvalue weighted by Gasteiger charge is 2.33. The molecule has 2 heterocycles. The Morgan fingerprint density at radius 2 is 1.73 bits per heavy atom. The van der Waals surface area contributed by atoms with E-state index in [0.29, 0.717) is 30.8 Å². The summed E-state index contributed by atoms with van der Waals surface area (Å²) in [5.74, 6) is -2.56. The van der Waals surface area contributed by atoms with Crippen molar-refractivity contribution in [3.8, 4) is 5.75 Å². The third kappa shape index (κ3) is 7.34. The van der Waals surface area contributed by atoms with Gasteiger partial charge in [-0.2, -0.15) is 0 Å². The molecule has 14 nitrogen and oxygen atoms in total. The van der Waals surface area contributed by atoms with E-state index in [1.54, 1.807) is 10.6 Å². The molecule has 0 unspecified atom stereocenters. The van der Waals surface area contributed by atoms with Gasteiger partial charge in [-0.3, -0.25) is 4.79 Å². The molecule has 3 rings (SSSR count). The minimum atomic E-state index is -2.20. The van der Waals surface area contributed by atoms with Crippen LogP contribution in [0.15, 0.2) is 23.1 Å². The van der Waals surface area contributed by atoms with Gasteiger partial charge in [0.05, 0.1) is 29.4 Å². The number of aliphatic hydroxyl groups is 5. The van der Waals surface area contributed by atoms with Crippen LogP contribution in [0.25, 0.3) is 10.9 Å². The van der Waals surface area contributed by atoms with Gasteiger partial charge in [0.1, 0.15) is 24.1 Å². The minimum Gasteiger partial charge on any atom is -0.479 e. The van der Waals surface area contributed by atoms with Crippen LogP contribution in [0.3, 0.4) is 0 Å². The van der Waals surface area contributed by atoms with Gasteiger partial charge < -0.3 is 55.3 Å². The van der Waals surface area contributed by atoms with Crippen LogP contribution < -0.4 is 20.4 Å². The van der Waals surface area contributed by atoms with E-state index in [4.69, 9.17) is 35.7 Å². The lowest BCUT2D eigenvalue weighted by molar-refractivity contribution is -0.164. The number of nitrogens with zero attached hydrogens (tertiary/aromatic N) is 2. The van der Waals surface area contributed by atoms with E-state index < -0.39 is 54.4 Å². The van der Waals surface area contributed by atoms with E-state index in [1.807, 2.05) is 11.8 Å². The second kappa shape index (κ2) is 13.3. The number of piperazine rings is 1. The molecule has 1 aliphatic rings. The Labute approximate surface area is 209 Å². The molecule has 0 spiro atoms. The molecule has 1 fully saturated rings. The molecule has 1 saturated heterocycles. The molecule has 0 saturated carbocycles. The summed E-state index contributed by atoms with van der Waals surface area (Å²) in [7, 11) is 0. The third-order valence-electron chi connectivity index (χ3n) is 5.62. The Morgan fingerprint density at radius 3 is 2.24 bits per heavy atom. The average molecular weight is 531 g/mol. The number of hydrogen-bond acceptors (Lipinski definition) is 11. The van der Waals surface area contributed by atoms with Crippen molar-refractivity contribution >= 4 is 28.7 Å². The fourth-order valence-electron chi connectivity index (χ4n) is 3.62. The molecule has 1 aromatic carbocycles. The van der Waals surface area contributed by atoms with E-state index >= 15 is 0 Å². The number of fused-ring (bicyclic) bond motifs is 1. The van der Waals surface area contributed by atoms with Crippen molar-refractivity contribution < 1.29 is 54.5 Å². The Kier molecular flexibility index (Phi) is 10.7. The molecule has 1 aromatic heterocycles. The zero-order valence-corrected chi connectivity index (χ0v) is 19.8. The number of hydrogen-bond donors (Lipinski definition) is 8. The zero-order valence-electron chi connectivity index (χ0n) is 19.8. The summed E-state index contributed by atoms with van der Waals surface area (Å²) in [4.78, 5) is 35.1. The van der Waals surface area contributed by atoms with Crippen LogP contribution in [0.2, 0.25) is 0 Å². The first-order valence-corrected chi connectivity index (χ1v) is 11.2. The van der Waals surface area contributed by atoms with Gasteiger partial charge in [-0.05, 0) is 19.1 Å². The number of aryl methyl sites for hydroxylation is 1. The number of carboxylic acids is 1. The van der Waals surface area contributed by atoms with Gasteiger partial charge in [0.25, 0.3) is 0 Å². The molecule has 0 amide bonds. The van der Waals surface area contributed by atoms with Crippen LogP contribution in [0.5, 0.6) is 5.75 Å². The van der Waals surface area contributed by atoms with Gasteiger partial charge in [-0.15, -0.1) is 0 Å². The number of nitrogens with one attached hydrogen (secondary N) is 1. The molecule has 0 aliphatic carbocycles. The topological polar surface area (TPSA) is 222 Å². The van der Waals surface area contributed by atoms with Crippen molar-refractivity contribution in [2.24, 2.45) is 0 Å². The standard InChI is InChI=1S/C16H18FN3O4.C6H12O7/c1-2-19-9-14(24-16(22)23)15(21)10-7-11(17)13(8-12(10)19)20-5-3-18-4-6-20;7-1-2(8)3(9)4(10)5(11)6(12)13/h7-9,18H,2-6H2,1H3,(H,22,23);2-5,7-11H,1H2,(H,12,13)/t;2-,3-,4+,5-/m.1/s1. The molecule has 2 aromatic rings. The fraction of sp³-hybridized carbons (Fsp3) is 0.500. The first kappa shape index (κ1) is 29.9. The van der Waals surface area contributed by atoms with Gasteiger partial charge in [0.15, 0.2) is 11.9 Å². The highest BCUT2D eigenvalue weighted by molar-refractivity contribution is 5.85. The number of anilines is 1. The number of pyridine rings is 1. The molecule has 4 atom stereocenters. The van der Waals surface area contributed by atoms with E-state index in [9.17, 15) is 18.8 Å². The maximum Gasteiger partial charge on any atom is 0.511 e. The second-order valence-electron chi connectivity index (χ2n) is 8.05. The summed E-state index contributed by atoms with van der Waals surface area (Å²) in [6.07, 6.45) is -8.07. The number of aromatic nitrogens is 1. The van der Waals surface area contributed by atoms with Crippen molar-refractivity contribution in [2.45, 2.75) is 37.9 Å². The van der Waals surface area contributed by atoms with Gasteiger partial charge >= 0.3 is 12.1 Å². The van der Waals surface area contributed by atoms with Crippen LogP contribution in [0.4, 0.5) is 14.9 Å². The summed E-state index contributed by atoms with van der Waals surface area (Å²) < 4.78 is 20.8.